The lowest BCUT2D eigenvalue weighted by Gasteiger charge is -2.23. The van der Waals surface area contributed by atoms with Gasteiger partial charge in [-0.1, -0.05) is 43.2 Å². The summed E-state index contributed by atoms with van der Waals surface area (Å²) < 4.78 is 0. The van der Waals surface area contributed by atoms with Crippen molar-refractivity contribution in [3.63, 3.8) is 0 Å². The molecule has 0 atom stereocenters. The van der Waals surface area contributed by atoms with E-state index in [1.165, 1.54) is 36.8 Å². The van der Waals surface area contributed by atoms with E-state index >= 15 is 0 Å². The monoisotopic (exact) mass is 438 g/mol. The van der Waals surface area contributed by atoms with Gasteiger partial charge in [0.15, 0.2) is 5.69 Å². The number of amides is 1. The molecule has 0 radical (unpaired) electrons. The molecule has 7 nitrogen and oxygen atoms in total. The van der Waals surface area contributed by atoms with E-state index in [1.807, 2.05) is 26.0 Å². The summed E-state index contributed by atoms with van der Waals surface area (Å²) in [5, 5.41) is 7.90. The topological polar surface area (TPSA) is 118 Å². The maximum atomic E-state index is 12.0. The van der Waals surface area contributed by atoms with E-state index in [0.717, 1.165) is 29.7 Å². The Labute approximate surface area is 187 Å². The fraction of sp³-hybridized carbons (Fsp3) is 0.348. The lowest BCUT2D eigenvalue weighted by molar-refractivity contribution is 0.0997. The molecule has 31 heavy (non-hydrogen) atoms. The van der Waals surface area contributed by atoms with Crippen molar-refractivity contribution in [1.82, 2.24) is 4.98 Å². The van der Waals surface area contributed by atoms with Gasteiger partial charge in [0.05, 0.1) is 0 Å². The number of nitrogens with zero attached hydrogens (tertiary/aromatic N) is 2. The second kappa shape index (κ2) is 10.3. The molecule has 164 valence electrons. The number of hydrogen-bond acceptors (Lipinski definition) is 7. The Morgan fingerprint density at radius 3 is 2.52 bits per heavy atom. The first-order valence-electron chi connectivity index (χ1n) is 10.4. The Morgan fingerprint density at radius 2 is 1.90 bits per heavy atom. The highest BCUT2D eigenvalue weighted by atomic mass is 32.1. The molecular weight excluding hydrogens is 408 g/mol. The summed E-state index contributed by atoms with van der Waals surface area (Å²) in [5.74, 6) is -0.125. The first-order valence-corrected chi connectivity index (χ1v) is 11.3. The number of aliphatic imine (C=N–C) groups is 1. The normalized spacial score (nSPS) is 15.2. The second-order valence-corrected chi connectivity index (χ2v) is 8.84. The third-order valence-electron chi connectivity index (χ3n) is 5.04. The van der Waals surface area contributed by atoms with Crippen LogP contribution in [0.25, 0.3) is 0 Å². The van der Waals surface area contributed by atoms with E-state index in [2.05, 4.69) is 33.3 Å². The zero-order valence-corrected chi connectivity index (χ0v) is 18.9. The highest BCUT2D eigenvalue weighted by molar-refractivity contribution is 7.18. The molecule has 0 saturated heterocycles. The third-order valence-corrected chi connectivity index (χ3v) is 6.05. The van der Waals surface area contributed by atoms with Crippen LogP contribution < -0.4 is 22.1 Å². The molecule has 1 heterocycles. The van der Waals surface area contributed by atoms with Crippen LogP contribution in [0.5, 0.6) is 0 Å². The molecule has 3 rings (SSSR count). The third kappa shape index (κ3) is 6.18. The summed E-state index contributed by atoms with van der Waals surface area (Å²) >= 11 is 1.35. The van der Waals surface area contributed by atoms with Crippen LogP contribution in [0.1, 0.15) is 58.7 Å². The van der Waals surface area contributed by atoms with Gasteiger partial charge in [0.1, 0.15) is 21.5 Å². The van der Waals surface area contributed by atoms with Gasteiger partial charge < -0.3 is 22.1 Å². The van der Waals surface area contributed by atoms with Gasteiger partial charge in [0, 0.05) is 11.7 Å². The number of nitrogens with one attached hydrogen (secondary N) is 2. The van der Waals surface area contributed by atoms with E-state index in [9.17, 15) is 4.79 Å². The van der Waals surface area contributed by atoms with E-state index in [4.69, 9.17) is 11.5 Å². The Balaban J connectivity index is 1.86. The first kappa shape index (κ1) is 22.6. The molecule has 6 N–H and O–H groups in total. The fourth-order valence-corrected chi connectivity index (χ4v) is 4.78. The Hall–Kier alpha value is -3.13. The predicted octanol–water partition coefficient (Wildman–Crippen LogP) is 4.45. The molecule has 0 spiro atoms. The van der Waals surface area contributed by atoms with Crippen molar-refractivity contribution in [3.8, 4) is 0 Å². The number of hydrogen-bond donors (Lipinski definition) is 4. The number of aromatic nitrogens is 1. The Morgan fingerprint density at radius 1 is 1.23 bits per heavy atom. The van der Waals surface area contributed by atoms with Gasteiger partial charge in [-0.2, -0.15) is 0 Å². The molecule has 1 aliphatic rings. The molecule has 1 aromatic carbocycles. The summed E-state index contributed by atoms with van der Waals surface area (Å²) in [6.45, 7) is 8.08. The van der Waals surface area contributed by atoms with Crippen LogP contribution in [0.4, 0.5) is 10.7 Å². The minimum absolute atomic E-state index is 0.233. The molecule has 2 aromatic rings. The average molecular weight is 439 g/mol. The summed E-state index contributed by atoms with van der Waals surface area (Å²) in [5.41, 5.74) is 15.2. The van der Waals surface area contributed by atoms with Gasteiger partial charge >= 0.3 is 0 Å². The molecule has 1 fully saturated rings. The average Bonchev–Trinajstić information content (AvgIpc) is 3.11. The van der Waals surface area contributed by atoms with E-state index in [1.54, 1.807) is 6.08 Å². The van der Waals surface area contributed by atoms with Crippen molar-refractivity contribution in [3.05, 3.63) is 64.7 Å². The molecular formula is C23H30N6OS. The quantitative estimate of drug-likeness (QED) is 0.454. The number of carbonyl (C=O) groups excluding carboxylic acids is 1. The lowest BCUT2D eigenvalue weighted by atomic mass is 9.96. The number of rotatable bonds is 8. The van der Waals surface area contributed by atoms with Crippen molar-refractivity contribution in [2.45, 2.75) is 52.0 Å². The van der Waals surface area contributed by atoms with E-state index in [-0.39, 0.29) is 5.69 Å². The number of primary amides is 1. The number of anilines is 2. The van der Waals surface area contributed by atoms with Crippen molar-refractivity contribution in [2.24, 2.45) is 16.5 Å². The van der Waals surface area contributed by atoms with Crippen molar-refractivity contribution < 1.29 is 4.79 Å². The van der Waals surface area contributed by atoms with Crippen molar-refractivity contribution in [2.75, 3.05) is 10.6 Å². The van der Waals surface area contributed by atoms with Crippen LogP contribution in [-0.4, -0.2) is 22.6 Å². The smallest absolute Gasteiger partial charge is 0.270 e. The molecule has 0 aliphatic heterocycles. The highest BCUT2D eigenvalue weighted by Gasteiger charge is 2.22. The summed E-state index contributed by atoms with van der Waals surface area (Å²) in [6.07, 6.45) is 8.80. The van der Waals surface area contributed by atoms with Gasteiger partial charge in [-0.15, -0.1) is 0 Å². The van der Waals surface area contributed by atoms with Gasteiger partial charge in [-0.25, -0.2) is 9.98 Å². The minimum atomic E-state index is -0.566. The predicted molar refractivity (Wildman–Crippen MR) is 130 cm³/mol. The van der Waals surface area contributed by atoms with Crippen molar-refractivity contribution in [1.29, 1.82) is 0 Å². The van der Waals surface area contributed by atoms with Gasteiger partial charge in [-0.3, -0.25) is 4.79 Å². The molecule has 8 heteroatoms. The Bertz CT molecular complexity index is 997. The zero-order chi connectivity index (χ0) is 22.4. The van der Waals surface area contributed by atoms with Crippen LogP contribution in [-0.2, 0) is 0 Å². The van der Waals surface area contributed by atoms with Crippen LogP contribution in [0.3, 0.4) is 0 Å². The van der Waals surface area contributed by atoms with Crippen LogP contribution in [0, 0.1) is 13.8 Å². The number of nitrogens with two attached hydrogens (primary N) is 2. The molecule has 0 bridgehead atoms. The SMILES string of the molecule is C=C(N=C(/C=C\N)c1nc(C(N)=O)c(NC2CCCCC2)s1)Nc1cc(C)cc(C)c1. The Kier molecular flexibility index (Phi) is 7.46. The second-order valence-electron chi connectivity index (χ2n) is 7.84. The summed E-state index contributed by atoms with van der Waals surface area (Å²) in [7, 11) is 0. The fourth-order valence-electron chi connectivity index (χ4n) is 3.76. The molecule has 1 amide bonds. The standard InChI is InChI=1S/C23H30N6OS/c1-14-11-15(2)13-18(12-14)26-16(3)27-19(9-10-24)22-29-20(21(25)30)23(31-22)28-17-7-5-4-6-8-17/h9-13,17,26,28H,3-8,24H2,1-2H3,(H2,25,30)/b10-9-,27-19?. The number of carbonyl (C=O) groups is 1. The van der Waals surface area contributed by atoms with Gasteiger partial charge in [0.25, 0.3) is 5.91 Å². The van der Waals surface area contributed by atoms with Crippen LogP contribution in [0.15, 0.2) is 47.9 Å². The number of allylic oxidation sites excluding steroid dienone is 1. The molecule has 1 saturated carbocycles. The van der Waals surface area contributed by atoms with E-state index in [0.29, 0.717) is 27.6 Å². The minimum Gasteiger partial charge on any atom is -0.405 e. The summed E-state index contributed by atoms with van der Waals surface area (Å²) in [4.78, 5) is 21.0. The van der Waals surface area contributed by atoms with Crippen molar-refractivity contribution >= 4 is 33.6 Å². The molecule has 0 unspecified atom stereocenters. The first-order chi connectivity index (χ1) is 14.9. The molecule has 1 aliphatic carbocycles. The maximum Gasteiger partial charge on any atom is 0.270 e. The lowest BCUT2D eigenvalue weighted by Crippen LogP contribution is -2.23. The largest absolute Gasteiger partial charge is 0.405 e. The number of thiazole rings is 1. The van der Waals surface area contributed by atoms with Crippen LogP contribution in [0.2, 0.25) is 0 Å². The van der Waals surface area contributed by atoms with Crippen LogP contribution >= 0.6 is 11.3 Å². The summed E-state index contributed by atoms with van der Waals surface area (Å²) in [6, 6.07) is 6.47. The van der Waals surface area contributed by atoms with E-state index < -0.39 is 5.91 Å². The number of benzene rings is 1. The highest BCUT2D eigenvalue weighted by Crippen LogP contribution is 2.30. The van der Waals surface area contributed by atoms with Gasteiger partial charge in [-0.05, 0) is 62.2 Å². The van der Waals surface area contributed by atoms with Gasteiger partial charge in [0.2, 0.25) is 0 Å². The molecule has 1 aromatic heterocycles. The maximum absolute atomic E-state index is 12.0. The zero-order valence-electron chi connectivity index (χ0n) is 18.1. The number of aryl methyl sites for hydroxylation is 2.